The Kier molecular flexibility index (Phi) is 1.70. The molecule has 0 radical (unpaired) electrons. The van der Waals surface area contributed by atoms with Crippen molar-refractivity contribution in [3.63, 3.8) is 0 Å². The quantitative estimate of drug-likeness (QED) is 0.588. The number of H-pyrrole nitrogens is 1. The third-order valence-electron chi connectivity index (χ3n) is 2.55. The fourth-order valence-electron chi connectivity index (χ4n) is 1.87. The van der Waals surface area contributed by atoms with Gasteiger partial charge in [-0.15, -0.1) is 0 Å². The molecule has 0 spiro atoms. The second-order valence-corrected chi connectivity index (χ2v) is 3.86. The van der Waals surface area contributed by atoms with Gasteiger partial charge in [0.2, 0.25) is 0 Å². The lowest BCUT2D eigenvalue weighted by Crippen LogP contribution is -1.86. The van der Waals surface area contributed by atoms with Gasteiger partial charge in [0.05, 0.1) is 17.4 Å². The summed E-state index contributed by atoms with van der Waals surface area (Å²) < 4.78 is 0. The number of benzene rings is 1. The fraction of sp³-hybridized carbons (Fsp3) is 0.0909. The lowest BCUT2D eigenvalue weighted by atomic mass is 10.1. The molecule has 3 aromatic rings. The number of hydrogen-bond donors (Lipinski definition) is 1. The van der Waals surface area contributed by atoms with Crippen LogP contribution in [0.5, 0.6) is 0 Å². The van der Waals surface area contributed by atoms with Gasteiger partial charge >= 0.3 is 0 Å². The van der Waals surface area contributed by atoms with Crippen LogP contribution in [0.2, 0.25) is 5.15 Å². The molecule has 4 heteroatoms. The number of nitrogens with zero attached hydrogens (tertiary/aromatic N) is 2. The molecule has 1 N–H and O–H groups in total. The summed E-state index contributed by atoms with van der Waals surface area (Å²) in [5, 5.41) is 1.54. The van der Waals surface area contributed by atoms with Gasteiger partial charge in [-0.25, -0.2) is 9.97 Å². The van der Waals surface area contributed by atoms with Crippen molar-refractivity contribution in [2.45, 2.75) is 6.92 Å². The van der Waals surface area contributed by atoms with E-state index in [1.165, 1.54) is 5.56 Å². The predicted molar refractivity (Wildman–Crippen MR) is 61.1 cm³/mol. The number of hydrogen-bond acceptors (Lipinski definition) is 2. The van der Waals surface area contributed by atoms with E-state index in [0.717, 1.165) is 21.9 Å². The Balaban J connectivity index is 2.68. The van der Waals surface area contributed by atoms with Crippen LogP contribution in [0, 0.1) is 6.92 Å². The zero-order valence-corrected chi connectivity index (χ0v) is 8.84. The molecular formula is C11H8ClN3. The second-order valence-electron chi connectivity index (χ2n) is 3.50. The molecule has 2 heterocycles. The van der Waals surface area contributed by atoms with Crippen molar-refractivity contribution in [3.05, 3.63) is 35.2 Å². The van der Waals surface area contributed by atoms with E-state index in [9.17, 15) is 0 Å². The fourth-order valence-corrected chi connectivity index (χ4v) is 2.10. The summed E-state index contributed by atoms with van der Waals surface area (Å²) in [7, 11) is 0. The number of fused-ring (bicyclic) bond motifs is 3. The van der Waals surface area contributed by atoms with E-state index in [1.54, 1.807) is 6.33 Å². The van der Waals surface area contributed by atoms with Crippen LogP contribution in [0.15, 0.2) is 24.5 Å². The van der Waals surface area contributed by atoms with Crippen LogP contribution in [0.25, 0.3) is 21.9 Å². The molecule has 0 aliphatic rings. The summed E-state index contributed by atoms with van der Waals surface area (Å²) >= 11 is 6.04. The molecule has 0 fully saturated rings. The largest absolute Gasteiger partial charge is 0.344 e. The highest BCUT2D eigenvalue weighted by Crippen LogP contribution is 2.28. The summed E-state index contributed by atoms with van der Waals surface area (Å²) in [6.07, 6.45) is 1.64. The van der Waals surface area contributed by atoms with Crippen LogP contribution in [-0.2, 0) is 0 Å². The topological polar surface area (TPSA) is 41.6 Å². The Labute approximate surface area is 91.1 Å². The van der Waals surface area contributed by atoms with E-state index in [0.29, 0.717) is 5.15 Å². The molecule has 0 amide bonds. The normalized spacial score (nSPS) is 11.3. The minimum atomic E-state index is 0.448. The summed E-state index contributed by atoms with van der Waals surface area (Å²) in [6, 6.07) is 5.98. The number of aromatic amines is 1. The van der Waals surface area contributed by atoms with E-state index in [2.05, 4.69) is 27.9 Å². The number of aryl methyl sites for hydroxylation is 1. The molecule has 3 rings (SSSR count). The number of rotatable bonds is 0. The summed E-state index contributed by atoms with van der Waals surface area (Å²) in [6.45, 7) is 2.05. The monoisotopic (exact) mass is 217 g/mol. The van der Waals surface area contributed by atoms with Crippen LogP contribution in [0.3, 0.4) is 0 Å². The highest BCUT2D eigenvalue weighted by Gasteiger charge is 2.09. The van der Waals surface area contributed by atoms with Gasteiger partial charge in [0.25, 0.3) is 0 Å². The van der Waals surface area contributed by atoms with Crippen LogP contribution in [-0.4, -0.2) is 15.0 Å². The van der Waals surface area contributed by atoms with E-state index < -0.39 is 0 Å². The van der Waals surface area contributed by atoms with Gasteiger partial charge < -0.3 is 4.98 Å². The highest BCUT2D eigenvalue weighted by atomic mass is 35.5. The van der Waals surface area contributed by atoms with Gasteiger partial charge in [0, 0.05) is 5.39 Å². The first-order valence-corrected chi connectivity index (χ1v) is 5.03. The van der Waals surface area contributed by atoms with E-state index in [4.69, 9.17) is 11.6 Å². The number of aromatic nitrogens is 3. The Morgan fingerprint density at radius 1 is 1.33 bits per heavy atom. The zero-order chi connectivity index (χ0) is 10.4. The molecule has 0 aliphatic carbocycles. The first kappa shape index (κ1) is 8.68. The molecule has 3 nitrogen and oxygen atoms in total. The average Bonchev–Trinajstić information content (AvgIpc) is 2.66. The Morgan fingerprint density at radius 2 is 2.20 bits per heavy atom. The number of pyridine rings is 1. The van der Waals surface area contributed by atoms with Gasteiger partial charge in [-0.2, -0.15) is 0 Å². The molecule has 2 aromatic heterocycles. The van der Waals surface area contributed by atoms with Crippen LogP contribution in [0.1, 0.15) is 5.56 Å². The van der Waals surface area contributed by atoms with Crippen molar-refractivity contribution in [1.29, 1.82) is 0 Å². The molecule has 1 aromatic carbocycles. The van der Waals surface area contributed by atoms with Crippen molar-refractivity contribution in [3.8, 4) is 0 Å². The maximum Gasteiger partial charge on any atom is 0.157 e. The molecule has 0 bridgehead atoms. The van der Waals surface area contributed by atoms with Gasteiger partial charge in [-0.1, -0.05) is 23.7 Å². The van der Waals surface area contributed by atoms with Crippen LogP contribution in [0.4, 0.5) is 0 Å². The number of imidazole rings is 1. The molecule has 74 valence electrons. The molecule has 15 heavy (non-hydrogen) atoms. The molecule has 0 atom stereocenters. The van der Waals surface area contributed by atoms with Gasteiger partial charge in [-0.05, 0) is 18.6 Å². The lowest BCUT2D eigenvalue weighted by molar-refractivity contribution is 1.34. The third kappa shape index (κ3) is 1.13. The minimum absolute atomic E-state index is 0.448. The summed E-state index contributed by atoms with van der Waals surface area (Å²) in [4.78, 5) is 11.6. The van der Waals surface area contributed by atoms with Gasteiger partial charge in [-0.3, -0.25) is 0 Å². The van der Waals surface area contributed by atoms with Crippen molar-refractivity contribution in [2.75, 3.05) is 0 Å². The summed E-state index contributed by atoms with van der Waals surface area (Å²) in [5.74, 6) is 0. The zero-order valence-electron chi connectivity index (χ0n) is 8.08. The molecule has 0 saturated carbocycles. The average molecular weight is 218 g/mol. The first-order chi connectivity index (χ1) is 7.27. The van der Waals surface area contributed by atoms with Crippen molar-refractivity contribution >= 4 is 33.5 Å². The van der Waals surface area contributed by atoms with E-state index in [-0.39, 0.29) is 0 Å². The molecule has 0 saturated heterocycles. The minimum Gasteiger partial charge on any atom is -0.344 e. The second kappa shape index (κ2) is 2.94. The van der Waals surface area contributed by atoms with Crippen LogP contribution >= 0.6 is 11.6 Å². The first-order valence-electron chi connectivity index (χ1n) is 4.65. The standard InChI is InChI=1S/C11H8ClN3/c1-6-3-2-4-7-8(6)9-10(11(12)15-7)14-5-13-9/h2-5H,1H3,(H,13,14). The Bertz CT molecular complexity index is 657. The SMILES string of the molecule is Cc1cccc2nc(Cl)c3nc[nH]c3c12. The molecular weight excluding hydrogens is 210 g/mol. The van der Waals surface area contributed by atoms with Crippen molar-refractivity contribution in [1.82, 2.24) is 15.0 Å². The van der Waals surface area contributed by atoms with Crippen molar-refractivity contribution in [2.24, 2.45) is 0 Å². The number of nitrogens with one attached hydrogen (secondary N) is 1. The van der Waals surface area contributed by atoms with E-state index in [1.807, 2.05) is 12.1 Å². The molecule has 0 aliphatic heterocycles. The van der Waals surface area contributed by atoms with Crippen LogP contribution < -0.4 is 0 Å². The van der Waals surface area contributed by atoms with Gasteiger partial charge in [0.15, 0.2) is 5.15 Å². The third-order valence-corrected chi connectivity index (χ3v) is 2.82. The Hall–Kier alpha value is -1.61. The summed E-state index contributed by atoms with van der Waals surface area (Å²) in [5.41, 5.74) is 3.77. The maximum absolute atomic E-state index is 6.04. The van der Waals surface area contributed by atoms with Crippen molar-refractivity contribution < 1.29 is 0 Å². The Morgan fingerprint density at radius 3 is 3.07 bits per heavy atom. The number of halogens is 1. The van der Waals surface area contributed by atoms with Gasteiger partial charge in [0.1, 0.15) is 5.52 Å². The highest BCUT2D eigenvalue weighted by molar-refractivity contribution is 6.35. The van der Waals surface area contributed by atoms with E-state index >= 15 is 0 Å². The smallest absolute Gasteiger partial charge is 0.157 e. The maximum atomic E-state index is 6.04. The predicted octanol–water partition coefficient (Wildman–Crippen LogP) is 3.07. The lowest BCUT2D eigenvalue weighted by Gasteiger charge is -2.03. The molecule has 0 unspecified atom stereocenters.